The highest BCUT2D eigenvalue weighted by atomic mass is 35.5. The smallest absolute Gasteiger partial charge is 0.352 e. The molecular weight excluding hydrogens is 423 g/mol. The molecule has 0 bridgehead atoms. The molecule has 0 aliphatic heterocycles. The lowest BCUT2D eigenvalue weighted by atomic mass is 10.2. The Hall–Kier alpha value is -2.45. The molecule has 0 saturated heterocycles. The zero-order valence-electron chi connectivity index (χ0n) is 15.1. The number of nitrogens with one attached hydrogen (secondary N) is 1. The molecule has 0 radical (unpaired) electrons. The number of amides is 1. The highest BCUT2D eigenvalue weighted by molar-refractivity contribution is 7.99. The van der Waals surface area contributed by atoms with E-state index in [4.69, 9.17) is 11.6 Å². The highest BCUT2D eigenvalue weighted by Gasteiger charge is 2.40. The molecule has 3 rings (SSSR count). The van der Waals surface area contributed by atoms with Crippen molar-refractivity contribution in [3.8, 4) is 5.69 Å². The molecule has 0 aliphatic rings. The molecular formula is C20H17ClF3N3OS. The van der Waals surface area contributed by atoms with Crippen LogP contribution in [0.1, 0.15) is 22.5 Å². The number of thioether (sulfide) groups is 1. The molecule has 1 N–H and O–H groups in total. The molecule has 29 heavy (non-hydrogen) atoms. The normalized spacial score (nSPS) is 11.4. The molecule has 2 aromatic carbocycles. The van der Waals surface area contributed by atoms with Gasteiger partial charge in [0.25, 0.3) is 5.91 Å². The quantitative estimate of drug-likeness (QED) is 0.393. The maximum absolute atomic E-state index is 13.6. The van der Waals surface area contributed by atoms with E-state index in [1.165, 1.54) is 18.2 Å². The van der Waals surface area contributed by atoms with Crippen molar-refractivity contribution in [2.24, 2.45) is 0 Å². The maximum Gasteiger partial charge on any atom is 0.434 e. The summed E-state index contributed by atoms with van der Waals surface area (Å²) >= 11 is 7.49. The fourth-order valence-corrected chi connectivity index (χ4v) is 3.73. The van der Waals surface area contributed by atoms with Crippen LogP contribution in [0.3, 0.4) is 0 Å². The molecule has 0 unspecified atom stereocenters. The van der Waals surface area contributed by atoms with Crippen LogP contribution in [0.15, 0.2) is 65.7 Å². The predicted octanol–water partition coefficient (Wildman–Crippen LogP) is 5.46. The first-order valence-electron chi connectivity index (χ1n) is 8.73. The van der Waals surface area contributed by atoms with Gasteiger partial charge in [0.15, 0.2) is 5.69 Å². The van der Waals surface area contributed by atoms with E-state index in [-0.39, 0.29) is 17.3 Å². The van der Waals surface area contributed by atoms with Crippen LogP contribution in [0.5, 0.6) is 0 Å². The van der Waals surface area contributed by atoms with Crippen LogP contribution in [0.4, 0.5) is 13.2 Å². The second-order valence-corrected chi connectivity index (χ2v) is 7.67. The lowest BCUT2D eigenvalue weighted by molar-refractivity contribution is -0.143. The first-order valence-corrected chi connectivity index (χ1v) is 10.1. The van der Waals surface area contributed by atoms with Crippen molar-refractivity contribution >= 4 is 29.3 Å². The summed E-state index contributed by atoms with van der Waals surface area (Å²) in [5.74, 6) is -0.0756. The molecule has 0 spiro atoms. The van der Waals surface area contributed by atoms with Crippen LogP contribution in [0.2, 0.25) is 5.02 Å². The highest BCUT2D eigenvalue weighted by Crippen LogP contribution is 2.34. The van der Waals surface area contributed by atoms with Crippen molar-refractivity contribution in [1.82, 2.24) is 15.1 Å². The number of hydrogen-bond donors (Lipinski definition) is 1. The van der Waals surface area contributed by atoms with Crippen LogP contribution in [-0.2, 0) is 6.18 Å². The number of benzene rings is 2. The average molecular weight is 440 g/mol. The van der Waals surface area contributed by atoms with Crippen molar-refractivity contribution in [1.29, 1.82) is 0 Å². The van der Waals surface area contributed by atoms with E-state index >= 15 is 0 Å². The molecule has 1 heterocycles. The summed E-state index contributed by atoms with van der Waals surface area (Å²) in [4.78, 5) is 13.5. The van der Waals surface area contributed by atoms with Gasteiger partial charge in [-0.2, -0.15) is 18.3 Å². The van der Waals surface area contributed by atoms with E-state index in [2.05, 4.69) is 10.4 Å². The Bertz CT molecular complexity index is 977. The molecule has 3 aromatic rings. The van der Waals surface area contributed by atoms with E-state index in [1.807, 2.05) is 30.3 Å². The van der Waals surface area contributed by atoms with Crippen molar-refractivity contribution in [2.45, 2.75) is 17.5 Å². The van der Waals surface area contributed by atoms with E-state index in [9.17, 15) is 18.0 Å². The lowest BCUT2D eigenvalue weighted by Gasteiger charge is -2.13. The van der Waals surface area contributed by atoms with Crippen molar-refractivity contribution in [2.75, 3.05) is 12.3 Å². The summed E-state index contributed by atoms with van der Waals surface area (Å²) in [7, 11) is 0. The number of rotatable bonds is 7. The minimum absolute atomic E-state index is 0.128. The second kappa shape index (κ2) is 9.37. The van der Waals surface area contributed by atoms with Gasteiger partial charge in [0.2, 0.25) is 0 Å². The molecule has 0 fully saturated rings. The number of halogens is 4. The van der Waals surface area contributed by atoms with Crippen LogP contribution in [0.25, 0.3) is 5.69 Å². The van der Waals surface area contributed by atoms with Gasteiger partial charge in [0.1, 0.15) is 0 Å². The van der Waals surface area contributed by atoms with Crippen molar-refractivity contribution in [3.05, 3.63) is 77.1 Å². The van der Waals surface area contributed by atoms with E-state index in [0.717, 1.165) is 16.8 Å². The van der Waals surface area contributed by atoms with Gasteiger partial charge >= 0.3 is 6.18 Å². The number of carbonyl (C=O) groups is 1. The molecule has 0 saturated carbocycles. The van der Waals surface area contributed by atoms with Gasteiger partial charge in [-0.1, -0.05) is 35.9 Å². The van der Waals surface area contributed by atoms with Gasteiger partial charge in [-0.15, -0.1) is 11.8 Å². The second-order valence-electron chi connectivity index (χ2n) is 6.07. The summed E-state index contributed by atoms with van der Waals surface area (Å²) in [6.07, 6.45) is -3.21. The zero-order chi connectivity index (χ0) is 20.9. The molecule has 0 atom stereocenters. The number of aromatic nitrogens is 2. The van der Waals surface area contributed by atoms with Gasteiger partial charge < -0.3 is 5.32 Å². The largest absolute Gasteiger partial charge is 0.434 e. The first-order chi connectivity index (χ1) is 13.9. The predicted molar refractivity (Wildman–Crippen MR) is 108 cm³/mol. The Kier molecular flexibility index (Phi) is 6.87. The van der Waals surface area contributed by atoms with Crippen LogP contribution < -0.4 is 5.32 Å². The SMILES string of the molecule is O=C(NCCCSc1ccccc1)c1cnn(-c2cccc(Cl)c2)c1C(F)(F)F. The molecule has 4 nitrogen and oxygen atoms in total. The van der Waals surface area contributed by atoms with Gasteiger partial charge in [-0.25, -0.2) is 4.68 Å². The Balaban J connectivity index is 1.67. The number of alkyl halides is 3. The minimum atomic E-state index is -4.76. The Labute approximate surface area is 175 Å². The van der Waals surface area contributed by atoms with Crippen LogP contribution >= 0.6 is 23.4 Å². The summed E-state index contributed by atoms with van der Waals surface area (Å²) < 4.78 is 41.6. The van der Waals surface area contributed by atoms with Crippen LogP contribution in [-0.4, -0.2) is 28.0 Å². The first kappa shape index (κ1) is 21.3. The third kappa shape index (κ3) is 5.55. The molecule has 1 aromatic heterocycles. The molecule has 9 heteroatoms. The standard InChI is InChI=1S/C20H17ClF3N3OS/c21-14-6-4-7-15(12-14)27-18(20(22,23)24)17(13-26-27)19(28)25-10-5-11-29-16-8-2-1-3-9-16/h1-4,6-9,12-13H,5,10-11H2,(H,25,28). The third-order valence-corrected chi connectivity index (χ3v) is 5.29. The molecule has 152 valence electrons. The zero-order valence-corrected chi connectivity index (χ0v) is 16.7. The van der Waals surface area contributed by atoms with Crippen molar-refractivity contribution < 1.29 is 18.0 Å². The van der Waals surface area contributed by atoms with E-state index in [0.29, 0.717) is 11.1 Å². The third-order valence-electron chi connectivity index (χ3n) is 3.95. The van der Waals surface area contributed by atoms with Crippen molar-refractivity contribution in [3.63, 3.8) is 0 Å². The number of nitrogens with zero attached hydrogens (tertiary/aromatic N) is 2. The monoisotopic (exact) mass is 439 g/mol. The van der Waals surface area contributed by atoms with Gasteiger partial charge in [0, 0.05) is 16.5 Å². The Morgan fingerprint density at radius 3 is 2.59 bits per heavy atom. The fraction of sp³-hybridized carbons (Fsp3) is 0.200. The number of hydrogen-bond acceptors (Lipinski definition) is 3. The Morgan fingerprint density at radius 1 is 1.14 bits per heavy atom. The molecule has 1 amide bonds. The topological polar surface area (TPSA) is 46.9 Å². The summed E-state index contributed by atoms with van der Waals surface area (Å²) in [6, 6.07) is 15.6. The number of carbonyl (C=O) groups excluding carboxylic acids is 1. The Morgan fingerprint density at radius 2 is 1.90 bits per heavy atom. The minimum Gasteiger partial charge on any atom is -0.352 e. The summed E-state index contributed by atoms with van der Waals surface area (Å²) in [5.41, 5.74) is -1.52. The maximum atomic E-state index is 13.6. The van der Waals surface area contributed by atoms with E-state index < -0.39 is 23.3 Å². The van der Waals surface area contributed by atoms with Gasteiger partial charge in [-0.3, -0.25) is 4.79 Å². The molecule has 0 aliphatic carbocycles. The average Bonchev–Trinajstić information content (AvgIpc) is 3.14. The lowest BCUT2D eigenvalue weighted by Crippen LogP contribution is -2.27. The van der Waals surface area contributed by atoms with Gasteiger partial charge in [0.05, 0.1) is 17.4 Å². The summed E-state index contributed by atoms with van der Waals surface area (Å²) in [5, 5.41) is 6.59. The van der Waals surface area contributed by atoms with Crippen LogP contribution in [0, 0.1) is 0 Å². The van der Waals surface area contributed by atoms with E-state index in [1.54, 1.807) is 17.8 Å². The fourth-order valence-electron chi connectivity index (χ4n) is 2.67. The summed E-state index contributed by atoms with van der Waals surface area (Å²) in [6.45, 7) is 0.262. The van der Waals surface area contributed by atoms with Gasteiger partial charge in [-0.05, 0) is 42.5 Å².